The van der Waals surface area contributed by atoms with Crippen molar-refractivity contribution in [3.05, 3.63) is 40.3 Å². The number of benzene rings is 1. The van der Waals surface area contributed by atoms with E-state index in [4.69, 9.17) is 15.2 Å². The zero-order chi connectivity index (χ0) is 17.5. The third-order valence-corrected chi connectivity index (χ3v) is 4.99. The maximum Gasteiger partial charge on any atom is 0.275 e. The molecule has 1 aliphatic heterocycles. The van der Waals surface area contributed by atoms with Crippen LogP contribution in [-0.2, 0) is 11.2 Å². The van der Waals surface area contributed by atoms with Gasteiger partial charge in [-0.25, -0.2) is 4.98 Å². The van der Waals surface area contributed by atoms with Crippen molar-refractivity contribution in [3.63, 3.8) is 0 Å². The molecule has 2 heterocycles. The molecule has 1 fully saturated rings. The van der Waals surface area contributed by atoms with E-state index in [9.17, 15) is 4.79 Å². The average molecular weight is 398 g/mol. The number of carbonyl (C=O) groups is 1. The van der Waals surface area contributed by atoms with Crippen LogP contribution in [0.15, 0.2) is 29.6 Å². The Morgan fingerprint density at radius 2 is 2.04 bits per heavy atom. The number of ether oxygens (including phenoxy) is 2. The number of halogens is 1. The van der Waals surface area contributed by atoms with Crippen LogP contribution in [0.5, 0.6) is 5.75 Å². The number of carbonyl (C=O) groups excluding carboxylic acids is 1. The molecule has 0 spiro atoms. The van der Waals surface area contributed by atoms with Crippen molar-refractivity contribution >= 4 is 35.3 Å². The van der Waals surface area contributed by atoms with Crippen molar-refractivity contribution in [2.24, 2.45) is 11.7 Å². The number of anilines is 1. The predicted molar refractivity (Wildman–Crippen MR) is 106 cm³/mol. The summed E-state index contributed by atoms with van der Waals surface area (Å²) in [5.41, 5.74) is 6.65. The normalized spacial score (nSPS) is 14.5. The first kappa shape index (κ1) is 20.6. The molecule has 142 valence electrons. The number of rotatable bonds is 7. The molecule has 0 radical (unpaired) electrons. The quantitative estimate of drug-likeness (QED) is 0.749. The zero-order valence-electron chi connectivity index (χ0n) is 14.5. The van der Waals surface area contributed by atoms with Gasteiger partial charge in [0, 0.05) is 30.7 Å². The van der Waals surface area contributed by atoms with E-state index >= 15 is 0 Å². The Morgan fingerprint density at radius 3 is 2.73 bits per heavy atom. The highest BCUT2D eigenvalue weighted by molar-refractivity contribution is 7.09. The average Bonchev–Trinajstić information content (AvgIpc) is 3.11. The van der Waals surface area contributed by atoms with E-state index in [1.54, 1.807) is 5.38 Å². The molecule has 3 rings (SSSR count). The fourth-order valence-electron chi connectivity index (χ4n) is 2.61. The van der Waals surface area contributed by atoms with Gasteiger partial charge in [-0.3, -0.25) is 4.79 Å². The summed E-state index contributed by atoms with van der Waals surface area (Å²) in [6, 6.07) is 7.42. The summed E-state index contributed by atoms with van der Waals surface area (Å²) in [7, 11) is 0. The Labute approximate surface area is 163 Å². The second kappa shape index (κ2) is 10.5. The standard InChI is InChI=1S/C18H23N3O3S.ClH/c19-8-5-17-21-16(12-25-17)18(22)20-14-1-3-15(4-2-14)24-11-13-6-9-23-10-7-13;/h1-4,12-13H,5-11,19H2,(H,20,22);1H. The molecule has 0 aliphatic carbocycles. The van der Waals surface area contributed by atoms with Gasteiger partial charge in [-0.05, 0) is 49.6 Å². The summed E-state index contributed by atoms with van der Waals surface area (Å²) in [5.74, 6) is 1.15. The minimum absolute atomic E-state index is 0. The highest BCUT2D eigenvalue weighted by Gasteiger charge is 2.14. The van der Waals surface area contributed by atoms with Gasteiger partial charge in [0.2, 0.25) is 0 Å². The van der Waals surface area contributed by atoms with E-state index in [1.165, 1.54) is 11.3 Å². The highest BCUT2D eigenvalue weighted by atomic mass is 35.5. The molecule has 0 saturated carbocycles. The van der Waals surface area contributed by atoms with Gasteiger partial charge in [-0.15, -0.1) is 23.7 Å². The van der Waals surface area contributed by atoms with Crippen LogP contribution in [0.25, 0.3) is 0 Å². The summed E-state index contributed by atoms with van der Waals surface area (Å²) in [4.78, 5) is 16.5. The van der Waals surface area contributed by atoms with E-state index in [0.717, 1.165) is 42.5 Å². The number of nitrogens with zero attached hydrogens (tertiary/aromatic N) is 1. The molecule has 1 aromatic heterocycles. The second-order valence-corrected chi connectivity index (χ2v) is 6.95. The lowest BCUT2D eigenvalue weighted by molar-refractivity contribution is 0.0497. The van der Waals surface area contributed by atoms with Crippen LogP contribution in [-0.4, -0.2) is 37.3 Å². The van der Waals surface area contributed by atoms with Crippen molar-refractivity contribution in [2.45, 2.75) is 19.3 Å². The molecule has 0 bridgehead atoms. The first-order chi connectivity index (χ1) is 12.2. The number of aromatic nitrogens is 1. The van der Waals surface area contributed by atoms with Crippen molar-refractivity contribution in [3.8, 4) is 5.75 Å². The van der Waals surface area contributed by atoms with Gasteiger partial charge in [0.25, 0.3) is 5.91 Å². The fourth-order valence-corrected chi connectivity index (χ4v) is 3.40. The number of nitrogens with one attached hydrogen (secondary N) is 1. The maximum absolute atomic E-state index is 12.2. The first-order valence-corrected chi connectivity index (χ1v) is 9.39. The molecule has 1 amide bonds. The molecule has 1 saturated heterocycles. The van der Waals surface area contributed by atoms with Gasteiger partial charge in [0.15, 0.2) is 0 Å². The first-order valence-electron chi connectivity index (χ1n) is 8.51. The summed E-state index contributed by atoms with van der Waals surface area (Å²) in [5, 5.41) is 5.48. The number of nitrogens with two attached hydrogens (primary N) is 1. The fraction of sp³-hybridized carbons (Fsp3) is 0.444. The largest absolute Gasteiger partial charge is 0.493 e. The molecule has 1 aliphatic rings. The zero-order valence-corrected chi connectivity index (χ0v) is 16.1. The number of hydrogen-bond acceptors (Lipinski definition) is 6. The van der Waals surface area contributed by atoms with E-state index < -0.39 is 0 Å². The van der Waals surface area contributed by atoms with Crippen molar-refractivity contribution in [1.29, 1.82) is 0 Å². The molecule has 8 heteroatoms. The highest BCUT2D eigenvalue weighted by Crippen LogP contribution is 2.20. The van der Waals surface area contributed by atoms with Crippen molar-refractivity contribution < 1.29 is 14.3 Å². The Bertz CT molecular complexity index is 687. The Hall–Kier alpha value is -1.67. The molecule has 3 N–H and O–H groups in total. The Kier molecular flexibility index (Phi) is 8.31. The minimum Gasteiger partial charge on any atom is -0.493 e. The van der Waals surface area contributed by atoms with Crippen LogP contribution in [0.2, 0.25) is 0 Å². The molecular formula is C18H24ClN3O3S. The maximum atomic E-state index is 12.2. The Balaban J connectivity index is 0.00000243. The van der Waals surface area contributed by atoms with Crippen LogP contribution in [0.1, 0.15) is 28.3 Å². The van der Waals surface area contributed by atoms with Gasteiger partial charge in [-0.2, -0.15) is 0 Å². The number of hydrogen-bond donors (Lipinski definition) is 2. The smallest absolute Gasteiger partial charge is 0.275 e. The van der Waals surface area contributed by atoms with Crippen LogP contribution >= 0.6 is 23.7 Å². The van der Waals surface area contributed by atoms with Crippen LogP contribution in [0.4, 0.5) is 5.69 Å². The molecular weight excluding hydrogens is 374 g/mol. The number of amides is 1. The lowest BCUT2D eigenvalue weighted by Crippen LogP contribution is -2.21. The van der Waals surface area contributed by atoms with Crippen molar-refractivity contribution in [1.82, 2.24) is 4.98 Å². The van der Waals surface area contributed by atoms with Crippen LogP contribution in [0.3, 0.4) is 0 Å². The SMILES string of the molecule is Cl.NCCc1nc(C(=O)Nc2ccc(OCC3CCOCC3)cc2)cs1. The van der Waals surface area contributed by atoms with E-state index in [2.05, 4.69) is 10.3 Å². The molecule has 1 aromatic carbocycles. The number of thiazole rings is 1. The molecule has 6 nitrogen and oxygen atoms in total. The lowest BCUT2D eigenvalue weighted by atomic mass is 10.0. The minimum atomic E-state index is -0.213. The van der Waals surface area contributed by atoms with Crippen molar-refractivity contribution in [2.75, 3.05) is 31.7 Å². The van der Waals surface area contributed by atoms with Gasteiger partial charge in [0.05, 0.1) is 11.6 Å². The summed E-state index contributed by atoms with van der Waals surface area (Å²) in [6.07, 6.45) is 2.79. The predicted octanol–water partition coefficient (Wildman–Crippen LogP) is 3.12. The van der Waals surface area contributed by atoms with Gasteiger partial charge < -0.3 is 20.5 Å². The molecule has 26 heavy (non-hydrogen) atoms. The van der Waals surface area contributed by atoms with Gasteiger partial charge in [-0.1, -0.05) is 0 Å². The molecule has 0 atom stereocenters. The topological polar surface area (TPSA) is 86.5 Å². The van der Waals surface area contributed by atoms with Gasteiger partial charge in [0.1, 0.15) is 11.4 Å². The second-order valence-electron chi connectivity index (χ2n) is 6.01. The molecule has 2 aromatic rings. The molecule has 0 unspecified atom stereocenters. The monoisotopic (exact) mass is 397 g/mol. The van der Waals surface area contributed by atoms with Gasteiger partial charge >= 0.3 is 0 Å². The Morgan fingerprint density at radius 1 is 1.31 bits per heavy atom. The van der Waals surface area contributed by atoms with E-state index in [-0.39, 0.29) is 18.3 Å². The van der Waals surface area contributed by atoms with E-state index in [1.807, 2.05) is 24.3 Å². The summed E-state index contributed by atoms with van der Waals surface area (Å²) in [6.45, 7) is 2.88. The third kappa shape index (κ3) is 5.95. The summed E-state index contributed by atoms with van der Waals surface area (Å²) >= 11 is 1.45. The summed E-state index contributed by atoms with van der Waals surface area (Å²) < 4.78 is 11.2. The third-order valence-electron chi connectivity index (χ3n) is 4.08. The van der Waals surface area contributed by atoms with E-state index in [0.29, 0.717) is 31.2 Å². The van der Waals surface area contributed by atoms with Crippen LogP contribution in [0, 0.1) is 5.92 Å². The van der Waals surface area contributed by atoms with Crippen LogP contribution < -0.4 is 15.8 Å². The lowest BCUT2D eigenvalue weighted by Gasteiger charge is -2.22.